The molecule has 54 heavy (non-hydrogen) atoms. The van der Waals surface area contributed by atoms with E-state index in [1.807, 2.05) is 0 Å². The van der Waals surface area contributed by atoms with Crippen LogP contribution in [0.25, 0.3) is 0 Å². The number of aliphatic hydroxyl groups excluding tert-OH is 4. The van der Waals surface area contributed by atoms with Crippen molar-refractivity contribution in [2.24, 2.45) is 0 Å². The van der Waals surface area contributed by atoms with E-state index in [2.05, 4.69) is 62.5 Å². The minimum Gasteiger partial charge on any atom is -0.462 e. The molecule has 0 spiro atoms. The fourth-order valence-corrected chi connectivity index (χ4v) is 6.00. The maximum absolute atomic E-state index is 12.7. The fraction of sp³-hybridized carbons (Fsp3) is 0.773. The second kappa shape index (κ2) is 35.1. The van der Waals surface area contributed by atoms with Gasteiger partial charge in [-0.15, -0.1) is 0 Å². The third-order valence-corrected chi connectivity index (χ3v) is 9.44. The SMILES string of the molecule is CCCC/C=C/C/C=C/CCCCCCCC(=O)OC[C@H](CO[C@@H]1O[C@H](CO)[C@H](O)C(O)C1O)OC(=O)CCCCCCC/C=C/C/C=C/CCCCC. The van der Waals surface area contributed by atoms with Gasteiger partial charge in [0.2, 0.25) is 0 Å². The molecule has 1 saturated heterocycles. The number of hydrogen-bond donors (Lipinski definition) is 4. The maximum atomic E-state index is 12.7. The number of rotatable bonds is 34. The largest absolute Gasteiger partial charge is 0.462 e. The van der Waals surface area contributed by atoms with Crippen molar-refractivity contribution >= 4 is 11.9 Å². The third-order valence-electron chi connectivity index (χ3n) is 9.44. The Hall–Kier alpha value is -2.34. The monoisotopic (exact) mass is 765 g/mol. The topological polar surface area (TPSA) is 152 Å². The average Bonchev–Trinajstić information content (AvgIpc) is 3.17. The predicted octanol–water partition coefficient (Wildman–Crippen LogP) is 8.49. The van der Waals surface area contributed by atoms with Gasteiger partial charge in [-0.3, -0.25) is 9.59 Å². The van der Waals surface area contributed by atoms with Crippen molar-refractivity contribution in [1.82, 2.24) is 0 Å². The van der Waals surface area contributed by atoms with Crippen LogP contribution in [0.2, 0.25) is 0 Å². The lowest BCUT2D eigenvalue weighted by Crippen LogP contribution is -2.59. The minimum atomic E-state index is -1.60. The third kappa shape index (κ3) is 26.5. The van der Waals surface area contributed by atoms with Gasteiger partial charge in [-0.05, 0) is 70.6 Å². The highest BCUT2D eigenvalue weighted by atomic mass is 16.7. The maximum Gasteiger partial charge on any atom is 0.306 e. The molecule has 0 aromatic rings. The zero-order valence-electron chi connectivity index (χ0n) is 33.7. The van der Waals surface area contributed by atoms with Crippen LogP contribution in [0.5, 0.6) is 0 Å². The Morgan fingerprint density at radius 1 is 0.574 bits per heavy atom. The number of carbonyl (C=O) groups excluding carboxylic acids is 2. The number of esters is 2. The highest BCUT2D eigenvalue weighted by Gasteiger charge is 2.44. The van der Waals surface area contributed by atoms with E-state index in [9.17, 15) is 30.0 Å². The summed E-state index contributed by atoms with van der Waals surface area (Å²) in [5, 5.41) is 40.0. The van der Waals surface area contributed by atoms with Crippen molar-refractivity contribution in [2.75, 3.05) is 19.8 Å². The number of allylic oxidation sites excluding steroid dienone is 8. The average molecular weight is 765 g/mol. The summed E-state index contributed by atoms with van der Waals surface area (Å²) in [6.07, 6.45) is 32.5. The predicted molar refractivity (Wildman–Crippen MR) is 215 cm³/mol. The van der Waals surface area contributed by atoms with Crippen LogP contribution >= 0.6 is 0 Å². The minimum absolute atomic E-state index is 0.209. The molecule has 4 N–H and O–H groups in total. The first kappa shape index (κ1) is 49.7. The molecule has 6 atom stereocenters. The highest BCUT2D eigenvalue weighted by molar-refractivity contribution is 5.70. The first-order valence-corrected chi connectivity index (χ1v) is 21.2. The van der Waals surface area contributed by atoms with E-state index in [0.29, 0.717) is 12.8 Å². The van der Waals surface area contributed by atoms with Gasteiger partial charge in [0.05, 0.1) is 13.2 Å². The van der Waals surface area contributed by atoms with Gasteiger partial charge < -0.3 is 39.4 Å². The summed E-state index contributed by atoms with van der Waals surface area (Å²) >= 11 is 0. The van der Waals surface area contributed by atoms with Gasteiger partial charge in [0.25, 0.3) is 0 Å². The summed E-state index contributed by atoms with van der Waals surface area (Å²) in [6.45, 7) is 3.31. The van der Waals surface area contributed by atoms with Crippen LogP contribution in [0.3, 0.4) is 0 Å². The molecule has 0 aromatic carbocycles. The zero-order chi connectivity index (χ0) is 39.5. The van der Waals surface area contributed by atoms with Gasteiger partial charge in [0.1, 0.15) is 31.0 Å². The first-order valence-electron chi connectivity index (χ1n) is 21.2. The molecule has 1 heterocycles. The summed E-state index contributed by atoms with van der Waals surface area (Å²) in [5.74, 6) is -0.843. The Morgan fingerprint density at radius 2 is 1.06 bits per heavy atom. The van der Waals surface area contributed by atoms with Crippen LogP contribution in [-0.2, 0) is 28.5 Å². The lowest BCUT2D eigenvalue weighted by molar-refractivity contribution is -0.305. The standard InChI is InChI=1S/C44H76O10/c1-3-5-7-9-11-13-15-17-19-21-23-25-27-29-31-33-40(47)53-37(36-52-44-43(50)42(49)41(48)38(34-45)54-44)35-51-39(46)32-30-28-26-24-22-20-18-16-14-12-10-8-6-4-2/h10-13,16-19,37-38,41-45,48-50H,3-9,14-15,20-36H2,1-2H3/b12-10+,13-11+,18-16+,19-17+/t37-,38-,41+,42?,43?,44-/m1/s1. The smallest absolute Gasteiger partial charge is 0.306 e. The van der Waals surface area contributed by atoms with Crippen molar-refractivity contribution in [3.63, 3.8) is 0 Å². The van der Waals surface area contributed by atoms with E-state index in [1.54, 1.807) is 0 Å². The molecule has 0 radical (unpaired) electrons. The van der Waals surface area contributed by atoms with Gasteiger partial charge in [0, 0.05) is 12.8 Å². The second-order valence-electron chi connectivity index (χ2n) is 14.4. The quantitative estimate of drug-likeness (QED) is 0.0285. The molecule has 2 unspecified atom stereocenters. The number of ether oxygens (including phenoxy) is 4. The van der Waals surface area contributed by atoms with Crippen LogP contribution in [-0.4, -0.2) is 89.0 Å². The van der Waals surface area contributed by atoms with E-state index in [0.717, 1.165) is 89.9 Å². The van der Waals surface area contributed by atoms with Crippen LogP contribution in [0.15, 0.2) is 48.6 Å². The highest BCUT2D eigenvalue weighted by Crippen LogP contribution is 2.22. The number of hydrogen-bond acceptors (Lipinski definition) is 10. The lowest BCUT2D eigenvalue weighted by atomic mass is 9.99. The molecular weight excluding hydrogens is 688 g/mol. The van der Waals surface area contributed by atoms with Crippen LogP contribution in [0, 0.1) is 0 Å². The molecule has 1 rings (SSSR count). The molecule has 1 fully saturated rings. The molecule has 0 saturated carbocycles. The van der Waals surface area contributed by atoms with Gasteiger partial charge in [-0.1, -0.05) is 127 Å². The molecule has 0 aromatic heterocycles. The Morgan fingerprint density at radius 3 is 1.59 bits per heavy atom. The molecule has 0 bridgehead atoms. The molecule has 1 aliphatic rings. The van der Waals surface area contributed by atoms with Crippen LogP contribution < -0.4 is 0 Å². The van der Waals surface area contributed by atoms with Gasteiger partial charge in [0.15, 0.2) is 12.4 Å². The molecule has 10 heteroatoms. The Bertz CT molecular complexity index is 1020. The summed E-state index contributed by atoms with van der Waals surface area (Å²) in [7, 11) is 0. The summed E-state index contributed by atoms with van der Waals surface area (Å²) in [6, 6.07) is 0. The van der Waals surface area contributed by atoms with Crippen molar-refractivity contribution in [3.05, 3.63) is 48.6 Å². The molecule has 0 aliphatic carbocycles. The van der Waals surface area contributed by atoms with Gasteiger partial charge in [-0.2, -0.15) is 0 Å². The van der Waals surface area contributed by atoms with Crippen molar-refractivity contribution in [1.29, 1.82) is 0 Å². The van der Waals surface area contributed by atoms with E-state index in [-0.39, 0.29) is 26.1 Å². The number of unbranched alkanes of at least 4 members (excludes halogenated alkanes) is 15. The fourth-order valence-electron chi connectivity index (χ4n) is 6.00. The Kier molecular flexibility index (Phi) is 32.3. The number of aliphatic hydroxyl groups is 4. The van der Waals surface area contributed by atoms with Crippen LogP contribution in [0.1, 0.15) is 162 Å². The first-order chi connectivity index (χ1) is 26.3. The zero-order valence-corrected chi connectivity index (χ0v) is 33.7. The molecule has 10 nitrogen and oxygen atoms in total. The molecule has 0 amide bonds. The van der Waals surface area contributed by atoms with Crippen molar-refractivity contribution in [2.45, 2.75) is 198 Å². The lowest BCUT2D eigenvalue weighted by Gasteiger charge is -2.39. The Balaban J connectivity index is 2.39. The van der Waals surface area contributed by atoms with E-state index in [4.69, 9.17) is 18.9 Å². The summed E-state index contributed by atoms with van der Waals surface area (Å²) < 4.78 is 22.1. The molecule has 1 aliphatic heterocycles. The van der Waals surface area contributed by atoms with E-state index in [1.165, 1.54) is 32.1 Å². The van der Waals surface area contributed by atoms with E-state index < -0.39 is 55.4 Å². The normalized spacial score (nSPS) is 21.2. The summed E-state index contributed by atoms with van der Waals surface area (Å²) in [5.41, 5.74) is 0. The number of carbonyl (C=O) groups is 2. The Labute approximate surface area is 327 Å². The van der Waals surface area contributed by atoms with Crippen LogP contribution in [0.4, 0.5) is 0 Å². The summed E-state index contributed by atoms with van der Waals surface area (Å²) in [4.78, 5) is 25.3. The van der Waals surface area contributed by atoms with Crippen molar-refractivity contribution < 1.29 is 49.0 Å². The van der Waals surface area contributed by atoms with Crippen molar-refractivity contribution in [3.8, 4) is 0 Å². The van der Waals surface area contributed by atoms with Gasteiger partial charge >= 0.3 is 11.9 Å². The van der Waals surface area contributed by atoms with Gasteiger partial charge in [-0.25, -0.2) is 0 Å². The van der Waals surface area contributed by atoms with E-state index >= 15 is 0 Å². The molecule has 312 valence electrons. The molecular formula is C44H76O10. The second-order valence-corrected chi connectivity index (χ2v) is 14.4.